The van der Waals surface area contributed by atoms with Crippen LogP contribution in [0, 0.1) is 0 Å². The summed E-state index contributed by atoms with van der Waals surface area (Å²) in [5.41, 5.74) is 0. The van der Waals surface area contributed by atoms with Gasteiger partial charge in [-0.3, -0.25) is 0 Å². The highest BCUT2D eigenvalue weighted by Crippen LogP contribution is 2.19. The van der Waals surface area contributed by atoms with Gasteiger partial charge in [0.25, 0.3) is 0 Å². The van der Waals surface area contributed by atoms with Crippen molar-refractivity contribution in [3.05, 3.63) is 0 Å². The van der Waals surface area contributed by atoms with Crippen LogP contribution in [0.3, 0.4) is 0 Å². The fraction of sp³-hybridized carbons (Fsp3) is 1.00. The van der Waals surface area contributed by atoms with Gasteiger partial charge in [-0.15, -0.1) is 0 Å². The molecular formula is C21H40O2. The normalized spacial score (nSPS) is 22.4. The average Bonchev–Trinajstić information content (AvgIpc) is 3.45. The van der Waals surface area contributed by atoms with Crippen molar-refractivity contribution >= 4 is 0 Å². The molecule has 2 heterocycles. The second-order valence-electron chi connectivity index (χ2n) is 7.79. The average molecular weight is 325 g/mol. The predicted molar refractivity (Wildman–Crippen MR) is 98.0 cm³/mol. The van der Waals surface area contributed by atoms with Gasteiger partial charge in [-0.25, -0.2) is 0 Å². The van der Waals surface area contributed by atoms with Gasteiger partial charge in [0.15, 0.2) is 0 Å². The van der Waals surface area contributed by atoms with Gasteiger partial charge in [-0.2, -0.15) is 0 Å². The van der Waals surface area contributed by atoms with E-state index in [-0.39, 0.29) is 0 Å². The van der Waals surface area contributed by atoms with E-state index in [1.807, 2.05) is 0 Å². The zero-order chi connectivity index (χ0) is 16.0. The van der Waals surface area contributed by atoms with Crippen LogP contribution in [0.25, 0.3) is 0 Å². The molecule has 2 aliphatic heterocycles. The summed E-state index contributed by atoms with van der Waals surface area (Å²) in [6.07, 6.45) is 25.6. The third kappa shape index (κ3) is 12.9. The maximum Gasteiger partial charge on any atom is 0.0810 e. The summed E-state index contributed by atoms with van der Waals surface area (Å²) in [6.45, 7) is 2.08. The summed E-state index contributed by atoms with van der Waals surface area (Å²) in [5.74, 6) is 0. The van der Waals surface area contributed by atoms with Gasteiger partial charge in [0.05, 0.1) is 25.4 Å². The first-order valence-corrected chi connectivity index (χ1v) is 10.7. The Kier molecular flexibility index (Phi) is 11.1. The van der Waals surface area contributed by atoms with Crippen molar-refractivity contribution in [1.29, 1.82) is 0 Å². The monoisotopic (exact) mass is 324 g/mol. The standard InChI is InChI=1S/C21H40O2/c1(2-4-6-8-10-12-14-16-20-18-22-20)3-5-7-9-11-13-15-17-21-19-23-21/h20-21H,1-19H2. The first-order valence-electron chi connectivity index (χ1n) is 10.7. The number of epoxide rings is 2. The van der Waals surface area contributed by atoms with E-state index in [1.165, 1.54) is 109 Å². The molecule has 0 amide bonds. The molecule has 2 unspecified atom stereocenters. The van der Waals surface area contributed by atoms with Gasteiger partial charge in [-0.1, -0.05) is 96.3 Å². The Morgan fingerprint density at radius 1 is 0.391 bits per heavy atom. The maximum absolute atomic E-state index is 5.24. The van der Waals surface area contributed by atoms with Gasteiger partial charge in [-0.05, 0) is 12.8 Å². The van der Waals surface area contributed by atoms with E-state index in [0.717, 1.165) is 13.2 Å². The quantitative estimate of drug-likeness (QED) is 0.215. The molecule has 2 nitrogen and oxygen atoms in total. The summed E-state index contributed by atoms with van der Waals surface area (Å²) in [7, 11) is 0. The molecule has 2 atom stereocenters. The van der Waals surface area contributed by atoms with Crippen LogP contribution in [0.15, 0.2) is 0 Å². The zero-order valence-corrected chi connectivity index (χ0v) is 15.4. The van der Waals surface area contributed by atoms with Crippen molar-refractivity contribution in [2.75, 3.05) is 13.2 Å². The lowest BCUT2D eigenvalue weighted by molar-refractivity contribution is 0.387. The van der Waals surface area contributed by atoms with Gasteiger partial charge in [0.1, 0.15) is 0 Å². The van der Waals surface area contributed by atoms with Gasteiger partial charge >= 0.3 is 0 Å². The molecule has 0 spiro atoms. The zero-order valence-electron chi connectivity index (χ0n) is 15.4. The van der Waals surface area contributed by atoms with E-state index >= 15 is 0 Å². The number of hydrogen-bond donors (Lipinski definition) is 0. The van der Waals surface area contributed by atoms with E-state index in [9.17, 15) is 0 Å². The molecule has 0 aromatic heterocycles. The van der Waals surface area contributed by atoms with Crippen LogP contribution in [0.4, 0.5) is 0 Å². The molecule has 0 radical (unpaired) electrons. The summed E-state index contributed by atoms with van der Waals surface area (Å²) in [5, 5.41) is 0. The summed E-state index contributed by atoms with van der Waals surface area (Å²) >= 11 is 0. The molecule has 2 heteroatoms. The Labute approximate surface area is 144 Å². The van der Waals surface area contributed by atoms with Crippen molar-refractivity contribution in [3.63, 3.8) is 0 Å². The highest BCUT2D eigenvalue weighted by atomic mass is 16.6. The highest BCUT2D eigenvalue weighted by molar-refractivity contribution is 4.68. The second kappa shape index (κ2) is 13.2. The molecule has 0 aromatic carbocycles. The Morgan fingerprint density at radius 2 is 0.609 bits per heavy atom. The second-order valence-corrected chi connectivity index (χ2v) is 7.79. The highest BCUT2D eigenvalue weighted by Gasteiger charge is 2.21. The van der Waals surface area contributed by atoms with Crippen LogP contribution in [0.2, 0.25) is 0 Å². The Balaban J connectivity index is 1.15. The molecule has 0 bridgehead atoms. The topological polar surface area (TPSA) is 25.1 Å². The minimum atomic E-state index is 0.646. The number of ether oxygens (including phenoxy) is 2. The fourth-order valence-corrected chi connectivity index (χ4v) is 3.51. The van der Waals surface area contributed by atoms with Gasteiger partial charge in [0.2, 0.25) is 0 Å². The number of rotatable bonds is 18. The van der Waals surface area contributed by atoms with Gasteiger partial charge in [0, 0.05) is 0 Å². The number of hydrogen-bond acceptors (Lipinski definition) is 2. The Bertz CT molecular complexity index is 233. The van der Waals surface area contributed by atoms with Crippen LogP contribution in [0.1, 0.15) is 109 Å². The summed E-state index contributed by atoms with van der Waals surface area (Å²) in [6, 6.07) is 0. The smallest absolute Gasteiger partial charge is 0.0810 e. The molecule has 0 aliphatic carbocycles. The summed E-state index contributed by atoms with van der Waals surface area (Å²) < 4.78 is 10.5. The van der Waals surface area contributed by atoms with Crippen LogP contribution < -0.4 is 0 Å². The third-order valence-electron chi connectivity index (χ3n) is 5.36. The molecule has 2 saturated heterocycles. The third-order valence-corrected chi connectivity index (χ3v) is 5.36. The largest absolute Gasteiger partial charge is 0.373 e. The molecule has 136 valence electrons. The lowest BCUT2D eigenvalue weighted by atomic mass is 10.0. The van der Waals surface area contributed by atoms with Crippen molar-refractivity contribution in [3.8, 4) is 0 Å². The maximum atomic E-state index is 5.24. The minimum Gasteiger partial charge on any atom is -0.373 e. The Hall–Kier alpha value is -0.0800. The van der Waals surface area contributed by atoms with E-state index in [1.54, 1.807) is 0 Å². The first kappa shape index (κ1) is 19.2. The predicted octanol–water partition coefficient (Wildman–Crippen LogP) is 6.42. The SMILES string of the molecule is C(CCCCCCCCC1CO1)CCCCCCCCC1CO1. The van der Waals surface area contributed by atoms with Crippen LogP contribution in [-0.4, -0.2) is 25.4 Å². The minimum absolute atomic E-state index is 0.646. The van der Waals surface area contributed by atoms with Crippen LogP contribution in [-0.2, 0) is 9.47 Å². The van der Waals surface area contributed by atoms with E-state index in [2.05, 4.69) is 0 Å². The lowest BCUT2D eigenvalue weighted by Crippen LogP contribution is -1.87. The van der Waals surface area contributed by atoms with Crippen LogP contribution >= 0.6 is 0 Å². The van der Waals surface area contributed by atoms with E-state index < -0.39 is 0 Å². The fourth-order valence-electron chi connectivity index (χ4n) is 3.51. The molecule has 2 fully saturated rings. The van der Waals surface area contributed by atoms with Gasteiger partial charge < -0.3 is 9.47 Å². The van der Waals surface area contributed by atoms with E-state index in [0.29, 0.717) is 12.2 Å². The van der Waals surface area contributed by atoms with Crippen LogP contribution in [0.5, 0.6) is 0 Å². The first-order chi connectivity index (χ1) is 11.4. The van der Waals surface area contributed by atoms with Crippen molar-refractivity contribution in [2.45, 2.75) is 121 Å². The molecule has 0 saturated carbocycles. The molecule has 2 rings (SSSR count). The molecule has 0 aromatic rings. The molecular weight excluding hydrogens is 284 g/mol. The van der Waals surface area contributed by atoms with Crippen molar-refractivity contribution < 1.29 is 9.47 Å². The number of unbranched alkanes of at least 4 members (excludes halogenated alkanes) is 14. The van der Waals surface area contributed by atoms with Crippen molar-refractivity contribution in [1.82, 2.24) is 0 Å². The molecule has 2 aliphatic rings. The van der Waals surface area contributed by atoms with Crippen molar-refractivity contribution in [2.24, 2.45) is 0 Å². The lowest BCUT2D eigenvalue weighted by Gasteiger charge is -2.03. The molecule has 0 N–H and O–H groups in total. The summed E-state index contributed by atoms with van der Waals surface area (Å²) in [4.78, 5) is 0. The Morgan fingerprint density at radius 3 is 0.826 bits per heavy atom. The molecule has 23 heavy (non-hydrogen) atoms. The van der Waals surface area contributed by atoms with E-state index in [4.69, 9.17) is 9.47 Å².